The number of amides is 1. The Hall–Kier alpha value is -2.43. The molecule has 1 saturated carbocycles. The molecule has 5 nitrogen and oxygen atoms in total. The standard InChI is InChI=1S/C17H20N4O/c1-12-10-13(11-16(20-12)21-15-5-6-15)17(22)19-9-7-14-4-2-3-8-18-14/h2-4,8,10-11,15H,5-7,9H2,1H3,(H,19,22)(H,20,21). The van der Waals surface area contributed by atoms with Crippen LogP contribution in [0.4, 0.5) is 5.82 Å². The van der Waals surface area contributed by atoms with E-state index >= 15 is 0 Å². The number of aryl methyl sites for hydroxylation is 1. The lowest BCUT2D eigenvalue weighted by atomic mass is 10.2. The van der Waals surface area contributed by atoms with E-state index in [0.717, 1.165) is 23.6 Å². The molecule has 2 aromatic rings. The van der Waals surface area contributed by atoms with E-state index < -0.39 is 0 Å². The Morgan fingerprint density at radius 3 is 2.91 bits per heavy atom. The second-order valence-corrected chi connectivity index (χ2v) is 5.63. The van der Waals surface area contributed by atoms with E-state index in [1.165, 1.54) is 12.8 Å². The molecule has 0 bridgehead atoms. The maximum Gasteiger partial charge on any atom is 0.251 e. The minimum absolute atomic E-state index is 0.0692. The fourth-order valence-corrected chi connectivity index (χ4v) is 2.26. The second-order valence-electron chi connectivity index (χ2n) is 5.63. The molecule has 0 aliphatic heterocycles. The summed E-state index contributed by atoms with van der Waals surface area (Å²) >= 11 is 0. The lowest BCUT2D eigenvalue weighted by Gasteiger charge is -2.09. The molecule has 0 spiro atoms. The fourth-order valence-electron chi connectivity index (χ4n) is 2.26. The van der Waals surface area contributed by atoms with Crippen molar-refractivity contribution in [1.82, 2.24) is 15.3 Å². The zero-order valence-corrected chi connectivity index (χ0v) is 12.7. The van der Waals surface area contributed by atoms with Crippen molar-refractivity contribution in [3.05, 3.63) is 53.5 Å². The first-order valence-electron chi connectivity index (χ1n) is 7.64. The molecule has 0 radical (unpaired) electrons. The number of aromatic nitrogens is 2. The van der Waals surface area contributed by atoms with E-state index in [4.69, 9.17) is 0 Å². The van der Waals surface area contributed by atoms with Gasteiger partial charge >= 0.3 is 0 Å². The molecule has 114 valence electrons. The minimum atomic E-state index is -0.0692. The minimum Gasteiger partial charge on any atom is -0.367 e. The molecule has 2 aromatic heterocycles. The molecular formula is C17H20N4O. The highest BCUT2D eigenvalue weighted by Gasteiger charge is 2.21. The maximum absolute atomic E-state index is 12.3. The molecule has 1 fully saturated rings. The first kappa shape index (κ1) is 14.5. The number of nitrogens with one attached hydrogen (secondary N) is 2. The highest BCUT2D eigenvalue weighted by atomic mass is 16.1. The number of carbonyl (C=O) groups excluding carboxylic acids is 1. The number of carbonyl (C=O) groups is 1. The van der Waals surface area contributed by atoms with Gasteiger partial charge in [0, 0.05) is 42.2 Å². The highest BCUT2D eigenvalue weighted by molar-refractivity contribution is 5.95. The van der Waals surface area contributed by atoms with E-state index in [9.17, 15) is 4.79 Å². The van der Waals surface area contributed by atoms with Crippen molar-refractivity contribution in [2.45, 2.75) is 32.2 Å². The molecule has 1 amide bonds. The van der Waals surface area contributed by atoms with Crippen LogP contribution in [0.1, 0.15) is 34.6 Å². The molecule has 22 heavy (non-hydrogen) atoms. The van der Waals surface area contributed by atoms with Crippen molar-refractivity contribution < 1.29 is 4.79 Å². The van der Waals surface area contributed by atoms with Crippen LogP contribution in [0.2, 0.25) is 0 Å². The number of rotatable bonds is 6. The average molecular weight is 296 g/mol. The SMILES string of the molecule is Cc1cc(C(=O)NCCc2ccccn2)cc(NC2CC2)n1. The predicted molar refractivity (Wildman–Crippen MR) is 85.9 cm³/mol. The third-order valence-electron chi connectivity index (χ3n) is 3.54. The summed E-state index contributed by atoms with van der Waals surface area (Å²) < 4.78 is 0. The quantitative estimate of drug-likeness (QED) is 0.858. The molecule has 3 rings (SSSR count). The van der Waals surface area contributed by atoms with Gasteiger partial charge in [-0.1, -0.05) is 6.07 Å². The van der Waals surface area contributed by atoms with Gasteiger partial charge in [-0.2, -0.15) is 0 Å². The van der Waals surface area contributed by atoms with Gasteiger partial charge in [-0.15, -0.1) is 0 Å². The van der Waals surface area contributed by atoms with Crippen LogP contribution in [-0.2, 0) is 6.42 Å². The largest absolute Gasteiger partial charge is 0.367 e. The summed E-state index contributed by atoms with van der Waals surface area (Å²) in [7, 11) is 0. The molecular weight excluding hydrogens is 276 g/mol. The fraction of sp³-hybridized carbons (Fsp3) is 0.353. The Kier molecular flexibility index (Phi) is 4.32. The van der Waals surface area contributed by atoms with Gasteiger partial charge in [0.25, 0.3) is 5.91 Å². The van der Waals surface area contributed by atoms with Crippen LogP contribution >= 0.6 is 0 Å². The monoisotopic (exact) mass is 296 g/mol. The van der Waals surface area contributed by atoms with E-state index in [0.29, 0.717) is 18.2 Å². The molecule has 0 unspecified atom stereocenters. The van der Waals surface area contributed by atoms with Crippen LogP contribution in [0.25, 0.3) is 0 Å². The van der Waals surface area contributed by atoms with Crippen molar-refractivity contribution in [2.24, 2.45) is 0 Å². The Bertz CT molecular complexity index is 653. The van der Waals surface area contributed by atoms with Crippen LogP contribution in [0.3, 0.4) is 0 Å². The Labute approximate surface area is 130 Å². The molecule has 1 aliphatic rings. The van der Waals surface area contributed by atoms with Gasteiger partial charge < -0.3 is 10.6 Å². The van der Waals surface area contributed by atoms with Gasteiger partial charge in [-0.05, 0) is 44.0 Å². The molecule has 2 N–H and O–H groups in total. The normalized spacial score (nSPS) is 13.7. The second kappa shape index (κ2) is 6.56. The van der Waals surface area contributed by atoms with Crippen molar-refractivity contribution in [3.8, 4) is 0 Å². The topological polar surface area (TPSA) is 66.9 Å². The van der Waals surface area contributed by atoms with Crippen LogP contribution in [0, 0.1) is 6.92 Å². The van der Waals surface area contributed by atoms with Crippen LogP contribution in [-0.4, -0.2) is 28.5 Å². The smallest absolute Gasteiger partial charge is 0.251 e. The van der Waals surface area contributed by atoms with Crippen molar-refractivity contribution in [1.29, 1.82) is 0 Å². The number of hydrogen-bond donors (Lipinski definition) is 2. The summed E-state index contributed by atoms with van der Waals surface area (Å²) in [5.41, 5.74) is 2.47. The first-order valence-corrected chi connectivity index (χ1v) is 7.64. The number of pyridine rings is 2. The third-order valence-corrected chi connectivity index (χ3v) is 3.54. The number of anilines is 1. The van der Waals surface area contributed by atoms with Gasteiger partial charge in [-0.3, -0.25) is 9.78 Å². The van der Waals surface area contributed by atoms with E-state index in [-0.39, 0.29) is 5.91 Å². The van der Waals surface area contributed by atoms with E-state index in [1.807, 2.05) is 37.3 Å². The average Bonchev–Trinajstić information content (AvgIpc) is 3.31. The van der Waals surface area contributed by atoms with Gasteiger partial charge in [0.2, 0.25) is 0 Å². The summed E-state index contributed by atoms with van der Waals surface area (Å²) in [6.07, 6.45) is 4.85. The van der Waals surface area contributed by atoms with Gasteiger partial charge in [-0.25, -0.2) is 4.98 Å². The zero-order valence-electron chi connectivity index (χ0n) is 12.7. The summed E-state index contributed by atoms with van der Waals surface area (Å²) in [6.45, 7) is 2.48. The van der Waals surface area contributed by atoms with Crippen LogP contribution in [0.5, 0.6) is 0 Å². The highest BCUT2D eigenvalue weighted by Crippen LogP contribution is 2.24. The van der Waals surface area contributed by atoms with Crippen molar-refractivity contribution >= 4 is 11.7 Å². The number of hydrogen-bond acceptors (Lipinski definition) is 4. The van der Waals surface area contributed by atoms with Gasteiger partial charge in [0.05, 0.1) is 0 Å². The number of nitrogens with zero attached hydrogens (tertiary/aromatic N) is 2. The van der Waals surface area contributed by atoms with Crippen LogP contribution < -0.4 is 10.6 Å². The van der Waals surface area contributed by atoms with Crippen LogP contribution in [0.15, 0.2) is 36.5 Å². The molecule has 1 aliphatic carbocycles. The maximum atomic E-state index is 12.3. The molecule has 5 heteroatoms. The van der Waals surface area contributed by atoms with E-state index in [2.05, 4.69) is 20.6 Å². The Morgan fingerprint density at radius 2 is 2.18 bits per heavy atom. The lowest BCUT2D eigenvalue weighted by molar-refractivity contribution is 0.0954. The summed E-state index contributed by atoms with van der Waals surface area (Å²) in [4.78, 5) is 20.9. The van der Waals surface area contributed by atoms with E-state index in [1.54, 1.807) is 6.20 Å². The molecule has 0 saturated heterocycles. The first-order chi connectivity index (χ1) is 10.7. The summed E-state index contributed by atoms with van der Waals surface area (Å²) in [6, 6.07) is 9.95. The molecule has 0 atom stereocenters. The third kappa shape index (κ3) is 4.04. The van der Waals surface area contributed by atoms with Crippen molar-refractivity contribution in [2.75, 3.05) is 11.9 Å². The summed E-state index contributed by atoms with van der Waals surface area (Å²) in [5, 5.41) is 6.27. The Morgan fingerprint density at radius 1 is 1.32 bits per heavy atom. The molecule has 2 heterocycles. The zero-order chi connectivity index (χ0) is 15.4. The Balaban J connectivity index is 1.58. The van der Waals surface area contributed by atoms with Gasteiger partial charge in [0.1, 0.15) is 5.82 Å². The molecule has 0 aromatic carbocycles. The lowest BCUT2D eigenvalue weighted by Crippen LogP contribution is -2.26. The summed E-state index contributed by atoms with van der Waals surface area (Å²) in [5.74, 6) is 0.720. The predicted octanol–water partition coefficient (Wildman–Crippen LogP) is 2.33. The van der Waals surface area contributed by atoms with Crippen molar-refractivity contribution in [3.63, 3.8) is 0 Å². The van der Waals surface area contributed by atoms with Gasteiger partial charge in [0.15, 0.2) is 0 Å².